The molecule has 0 heterocycles. The molecule has 0 atom stereocenters. The first kappa shape index (κ1) is 12.5. The van der Waals surface area contributed by atoms with Gasteiger partial charge < -0.3 is 0 Å². The molecule has 1 aromatic carbocycles. The molecule has 3 heteroatoms. The second kappa shape index (κ2) is 6.86. The molecule has 0 saturated carbocycles. The van der Waals surface area contributed by atoms with Gasteiger partial charge in [-0.15, -0.1) is 0 Å². The zero-order valence-electron chi connectivity index (χ0n) is 8.51. The van der Waals surface area contributed by atoms with E-state index in [0.29, 0.717) is 6.42 Å². The predicted octanol–water partition coefficient (Wildman–Crippen LogP) is 4.21. The molecule has 0 spiro atoms. The smallest absolute Gasteiger partial charge is 0.221 e. The van der Waals surface area contributed by atoms with Crippen LogP contribution in [0.2, 0.25) is 5.02 Å². The molecule has 15 heavy (non-hydrogen) atoms. The average molecular weight is 245 g/mol. The Bertz CT molecular complexity index is 323. The molecule has 0 fully saturated rings. The number of unbranched alkanes of at least 4 members (excludes halogenated alkanes) is 2. The Morgan fingerprint density at radius 1 is 1.13 bits per heavy atom. The number of benzene rings is 1. The van der Waals surface area contributed by atoms with Crippen LogP contribution in [0.5, 0.6) is 0 Å². The van der Waals surface area contributed by atoms with E-state index in [-0.39, 0.29) is 5.24 Å². The van der Waals surface area contributed by atoms with Crippen LogP contribution in [0.1, 0.15) is 31.2 Å². The second-order valence-corrected chi connectivity index (χ2v) is 4.34. The molecule has 1 aromatic rings. The van der Waals surface area contributed by atoms with E-state index >= 15 is 0 Å². The van der Waals surface area contributed by atoms with Crippen molar-refractivity contribution >= 4 is 28.4 Å². The molecule has 0 aliphatic rings. The van der Waals surface area contributed by atoms with Gasteiger partial charge in [0.1, 0.15) is 0 Å². The first-order valence-electron chi connectivity index (χ1n) is 5.12. The number of carbonyl (C=O) groups excluding carboxylic acids is 1. The Balaban J connectivity index is 2.21. The molecule has 0 aromatic heterocycles. The average Bonchev–Trinajstić information content (AvgIpc) is 2.20. The van der Waals surface area contributed by atoms with Crippen molar-refractivity contribution < 1.29 is 4.79 Å². The minimum Gasteiger partial charge on any atom is -0.281 e. The summed E-state index contributed by atoms with van der Waals surface area (Å²) in [6.45, 7) is 0. The highest BCUT2D eigenvalue weighted by Gasteiger charge is 1.99. The van der Waals surface area contributed by atoms with Gasteiger partial charge in [-0.3, -0.25) is 4.79 Å². The maximum absolute atomic E-state index is 10.5. The number of carbonyl (C=O) groups is 1. The number of halogens is 2. The maximum atomic E-state index is 10.5. The molecule has 0 radical (unpaired) electrons. The fraction of sp³-hybridized carbons (Fsp3) is 0.417. The fourth-order valence-corrected chi connectivity index (χ4v) is 1.82. The Labute approximate surface area is 100 Å². The Morgan fingerprint density at radius 3 is 2.53 bits per heavy atom. The van der Waals surface area contributed by atoms with Crippen LogP contribution in [0.25, 0.3) is 0 Å². The molecular weight excluding hydrogens is 231 g/mol. The lowest BCUT2D eigenvalue weighted by Gasteiger charge is -2.02. The summed E-state index contributed by atoms with van der Waals surface area (Å²) in [7, 11) is 0. The van der Waals surface area contributed by atoms with Gasteiger partial charge in [0.15, 0.2) is 0 Å². The van der Waals surface area contributed by atoms with Gasteiger partial charge in [0.25, 0.3) is 0 Å². The van der Waals surface area contributed by atoms with Crippen LogP contribution < -0.4 is 0 Å². The van der Waals surface area contributed by atoms with Crippen molar-refractivity contribution in [3.05, 3.63) is 34.9 Å². The van der Waals surface area contributed by atoms with Crippen LogP contribution in [0.3, 0.4) is 0 Å². The van der Waals surface area contributed by atoms with E-state index in [9.17, 15) is 4.79 Å². The number of hydrogen-bond donors (Lipinski definition) is 0. The SMILES string of the molecule is O=C(Cl)CCCCCc1ccccc1Cl. The fourth-order valence-electron chi connectivity index (χ4n) is 1.46. The lowest BCUT2D eigenvalue weighted by Crippen LogP contribution is -1.89. The van der Waals surface area contributed by atoms with E-state index in [1.54, 1.807) is 0 Å². The van der Waals surface area contributed by atoms with Crippen molar-refractivity contribution in [3.63, 3.8) is 0 Å². The summed E-state index contributed by atoms with van der Waals surface area (Å²) in [5, 5.41) is 0.582. The molecular formula is C12H14Cl2O. The molecule has 0 bridgehead atoms. The van der Waals surface area contributed by atoms with Gasteiger partial charge in [0.2, 0.25) is 5.24 Å². The van der Waals surface area contributed by atoms with Crippen molar-refractivity contribution in [2.24, 2.45) is 0 Å². The molecule has 1 nitrogen and oxygen atoms in total. The second-order valence-electron chi connectivity index (χ2n) is 3.51. The molecule has 0 unspecified atom stereocenters. The molecule has 0 aliphatic carbocycles. The Hall–Kier alpha value is -0.530. The minimum atomic E-state index is -0.243. The highest BCUT2D eigenvalue weighted by molar-refractivity contribution is 6.63. The highest BCUT2D eigenvalue weighted by atomic mass is 35.5. The summed E-state index contributed by atoms with van der Waals surface area (Å²) >= 11 is 11.3. The van der Waals surface area contributed by atoms with Crippen molar-refractivity contribution in [2.75, 3.05) is 0 Å². The van der Waals surface area contributed by atoms with Gasteiger partial charge in [0.05, 0.1) is 0 Å². The lowest BCUT2D eigenvalue weighted by molar-refractivity contribution is -0.111. The third kappa shape index (κ3) is 5.19. The van der Waals surface area contributed by atoms with E-state index < -0.39 is 0 Å². The predicted molar refractivity (Wildman–Crippen MR) is 64.5 cm³/mol. The van der Waals surface area contributed by atoms with Crippen LogP contribution in [-0.4, -0.2) is 5.24 Å². The molecule has 0 N–H and O–H groups in total. The van der Waals surface area contributed by atoms with Crippen molar-refractivity contribution in [2.45, 2.75) is 32.1 Å². The summed E-state index contributed by atoms with van der Waals surface area (Å²) in [4.78, 5) is 10.5. The van der Waals surface area contributed by atoms with Crippen LogP contribution in [0.4, 0.5) is 0 Å². The highest BCUT2D eigenvalue weighted by Crippen LogP contribution is 2.17. The zero-order valence-corrected chi connectivity index (χ0v) is 10.0. The van der Waals surface area contributed by atoms with Gasteiger partial charge in [-0.1, -0.05) is 36.2 Å². The van der Waals surface area contributed by atoms with Gasteiger partial charge in [-0.2, -0.15) is 0 Å². The summed E-state index contributed by atoms with van der Waals surface area (Å²) in [6.07, 6.45) is 4.38. The number of aryl methyl sites for hydroxylation is 1. The van der Waals surface area contributed by atoms with E-state index in [1.807, 2.05) is 24.3 Å². The van der Waals surface area contributed by atoms with Crippen LogP contribution in [-0.2, 0) is 11.2 Å². The quantitative estimate of drug-likeness (QED) is 0.542. The van der Waals surface area contributed by atoms with Gasteiger partial charge in [0, 0.05) is 11.4 Å². The largest absolute Gasteiger partial charge is 0.281 e. The normalized spacial score (nSPS) is 10.3. The first-order chi connectivity index (χ1) is 7.20. The van der Waals surface area contributed by atoms with Crippen molar-refractivity contribution in [1.82, 2.24) is 0 Å². The molecule has 0 amide bonds. The molecule has 0 saturated heterocycles. The Morgan fingerprint density at radius 2 is 1.87 bits per heavy atom. The van der Waals surface area contributed by atoms with Crippen molar-refractivity contribution in [1.29, 1.82) is 0 Å². The first-order valence-corrected chi connectivity index (χ1v) is 5.87. The minimum absolute atomic E-state index is 0.243. The molecule has 0 aliphatic heterocycles. The van der Waals surface area contributed by atoms with E-state index in [1.165, 1.54) is 5.56 Å². The monoisotopic (exact) mass is 244 g/mol. The number of hydrogen-bond acceptors (Lipinski definition) is 1. The van der Waals surface area contributed by atoms with E-state index in [0.717, 1.165) is 30.7 Å². The third-order valence-electron chi connectivity index (χ3n) is 2.28. The van der Waals surface area contributed by atoms with E-state index in [2.05, 4.69) is 0 Å². The topological polar surface area (TPSA) is 17.1 Å². The molecule has 82 valence electrons. The summed E-state index contributed by atoms with van der Waals surface area (Å²) in [5.74, 6) is 0. The van der Waals surface area contributed by atoms with Crippen molar-refractivity contribution in [3.8, 4) is 0 Å². The summed E-state index contributed by atoms with van der Waals surface area (Å²) in [6, 6.07) is 7.86. The van der Waals surface area contributed by atoms with Gasteiger partial charge >= 0.3 is 0 Å². The zero-order chi connectivity index (χ0) is 11.1. The third-order valence-corrected chi connectivity index (χ3v) is 2.83. The van der Waals surface area contributed by atoms with Crippen LogP contribution in [0, 0.1) is 0 Å². The number of rotatable bonds is 6. The van der Waals surface area contributed by atoms with Gasteiger partial charge in [-0.25, -0.2) is 0 Å². The lowest BCUT2D eigenvalue weighted by atomic mass is 10.1. The summed E-state index contributed by atoms with van der Waals surface area (Å²) < 4.78 is 0. The van der Waals surface area contributed by atoms with E-state index in [4.69, 9.17) is 23.2 Å². The standard InChI is InChI=1S/C12H14Cl2O/c13-11-8-5-4-7-10(11)6-2-1-3-9-12(14)15/h4-5,7-8H,1-3,6,9H2. The Kier molecular flexibility index (Phi) is 5.74. The molecule has 1 rings (SSSR count). The maximum Gasteiger partial charge on any atom is 0.221 e. The van der Waals surface area contributed by atoms with Gasteiger partial charge in [-0.05, 0) is 42.5 Å². The van der Waals surface area contributed by atoms with Crippen LogP contribution >= 0.6 is 23.2 Å². The summed E-state index contributed by atoms with van der Waals surface area (Å²) in [5.41, 5.74) is 1.18. The van der Waals surface area contributed by atoms with Crippen LogP contribution in [0.15, 0.2) is 24.3 Å².